The van der Waals surface area contributed by atoms with Crippen molar-refractivity contribution in [2.24, 2.45) is 5.92 Å². The van der Waals surface area contributed by atoms with E-state index in [4.69, 9.17) is 0 Å². The molecule has 26 heavy (non-hydrogen) atoms. The topological polar surface area (TPSA) is 93.1 Å². The van der Waals surface area contributed by atoms with Crippen LogP contribution in [0.5, 0.6) is 0 Å². The monoisotopic (exact) mass is 365 g/mol. The molecule has 2 aliphatic heterocycles. The van der Waals surface area contributed by atoms with Gasteiger partial charge in [0, 0.05) is 31.6 Å². The lowest BCUT2D eigenvalue weighted by molar-refractivity contribution is -0.138. The standard InChI is InChI=1S/C18H32BN3O4/c23-17(22-10-4-7-16(22)19(25)26)13-20-15-8-11-21(12-9-15)18(24)14-5-2-1-3-6-14/h14-16,20,25-26H,1-13H2/t16-/m0/s1. The van der Waals surface area contributed by atoms with Gasteiger partial charge in [-0.2, -0.15) is 0 Å². The number of hydrogen-bond acceptors (Lipinski definition) is 5. The molecule has 3 fully saturated rings. The molecule has 0 unspecified atom stereocenters. The highest BCUT2D eigenvalue weighted by atomic mass is 16.4. The van der Waals surface area contributed by atoms with E-state index < -0.39 is 13.1 Å². The summed E-state index contributed by atoms with van der Waals surface area (Å²) in [5.41, 5.74) is 0. The van der Waals surface area contributed by atoms with Crippen LogP contribution in [0.2, 0.25) is 0 Å². The number of rotatable bonds is 5. The molecule has 2 amide bonds. The SMILES string of the molecule is O=C(C1CCCCC1)N1CCC(NCC(=O)N2CCC[C@H]2B(O)O)CC1. The van der Waals surface area contributed by atoms with Gasteiger partial charge in [0.2, 0.25) is 11.8 Å². The van der Waals surface area contributed by atoms with E-state index in [1.165, 1.54) is 19.3 Å². The van der Waals surface area contributed by atoms with Crippen LogP contribution in [0.3, 0.4) is 0 Å². The molecule has 2 heterocycles. The number of amides is 2. The molecule has 8 heteroatoms. The second-order valence-electron chi connectivity index (χ2n) is 8.03. The van der Waals surface area contributed by atoms with Crippen LogP contribution in [-0.4, -0.2) is 76.9 Å². The Kier molecular flexibility index (Phi) is 6.95. The van der Waals surface area contributed by atoms with Crippen molar-refractivity contribution in [3.63, 3.8) is 0 Å². The average molecular weight is 365 g/mol. The zero-order chi connectivity index (χ0) is 18.5. The fourth-order valence-electron chi connectivity index (χ4n) is 4.66. The first-order chi connectivity index (χ1) is 12.6. The second-order valence-corrected chi connectivity index (χ2v) is 8.03. The Bertz CT molecular complexity index is 491. The maximum atomic E-state index is 12.6. The van der Waals surface area contributed by atoms with Crippen molar-refractivity contribution in [2.45, 2.75) is 69.8 Å². The van der Waals surface area contributed by atoms with Crippen LogP contribution < -0.4 is 5.32 Å². The van der Waals surface area contributed by atoms with Gasteiger partial charge in [-0.05, 0) is 38.5 Å². The number of nitrogens with one attached hydrogen (secondary N) is 1. The average Bonchev–Trinajstić information content (AvgIpc) is 3.17. The van der Waals surface area contributed by atoms with Gasteiger partial charge in [0.05, 0.1) is 12.5 Å². The number of likely N-dealkylation sites (tertiary alicyclic amines) is 2. The van der Waals surface area contributed by atoms with Gasteiger partial charge in [0.15, 0.2) is 0 Å². The molecular formula is C18H32BN3O4. The molecule has 3 aliphatic rings. The summed E-state index contributed by atoms with van der Waals surface area (Å²) in [6.45, 7) is 2.35. The predicted molar refractivity (Wildman–Crippen MR) is 99.1 cm³/mol. The quantitative estimate of drug-likeness (QED) is 0.603. The molecule has 1 saturated carbocycles. The van der Waals surface area contributed by atoms with Crippen molar-refractivity contribution in [2.75, 3.05) is 26.2 Å². The van der Waals surface area contributed by atoms with Gasteiger partial charge in [-0.1, -0.05) is 19.3 Å². The van der Waals surface area contributed by atoms with E-state index in [0.29, 0.717) is 18.9 Å². The normalized spacial score (nSPS) is 25.5. The molecule has 3 N–H and O–H groups in total. The van der Waals surface area contributed by atoms with Crippen LogP contribution >= 0.6 is 0 Å². The Morgan fingerprint density at radius 3 is 2.27 bits per heavy atom. The van der Waals surface area contributed by atoms with Gasteiger partial charge in [0.1, 0.15) is 0 Å². The summed E-state index contributed by atoms with van der Waals surface area (Å²) in [4.78, 5) is 28.5. The van der Waals surface area contributed by atoms with E-state index in [-0.39, 0.29) is 24.4 Å². The summed E-state index contributed by atoms with van der Waals surface area (Å²) < 4.78 is 0. The minimum atomic E-state index is -1.46. The molecule has 146 valence electrons. The van der Waals surface area contributed by atoms with E-state index in [9.17, 15) is 19.6 Å². The maximum absolute atomic E-state index is 12.6. The fourth-order valence-corrected chi connectivity index (χ4v) is 4.66. The van der Waals surface area contributed by atoms with Crippen LogP contribution in [0, 0.1) is 5.92 Å². The minimum absolute atomic E-state index is 0.0682. The summed E-state index contributed by atoms with van der Waals surface area (Å²) in [7, 11) is -1.46. The van der Waals surface area contributed by atoms with Crippen LogP contribution in [0.1, 0.15) is 57.8 Å². The van der Waals surface area contributed by atoms with Crippen LogP contribution in [0.25, 0.3) is 0 Å². The van der Waals surface area contributed by atoms with Crippen molar-refractivity contribution >= 4 is 18.9 Å². The van der Waals surface area contributed by atoms with Gasteiger partial charge in [0.25, 0.3) is 0 Å². The molecule has 7 nitrogen and oxygen atoms in total. The van der Waals surface area contributed by atoms with E-state index >= 15 is 0 Å². The lowest BCUT2D eigenvalue weighted by Crippen LogP contribution is -2.51. The van der Waals surface area contributed by atoms with Crippen LogP contribution in [0.15, 0.2) is 0 Å². The molecule has 0 aromatic carbocycles. The van der Waals surface area contributed by atoms with E-state index in [1.54, 1.807) is 4.90 Å². The number of piperidine rings is 1. The van der Waals surface area contributed by atoms with Gasteiger partial charge in [-0.25, -0.2) is 0 Å². The molecule has 0 radical (unpaired) electrons. The molecule has 0 aromatic heterocycles. The molecule has 0 spiro atoms. The fraction of sp³-hybridized carbons (Fsp3) is 0.889. The summed E-state index contributed by atoms with van der Waals surface area (Å²) in [5.74, 6) is 0.0171. The van der Waals surface area contributed by atoms with Crippen LogP contribution in [0.4, 0.5) is 0 Å². The molecular weight excluding hydrogens is 333 g/mol. The van der Waals surface area contributed by atoms with E-state index in [0.717, 1.165) is 45.2 Å². The molecule has 0 bridgehead atoms. The Balaban J connectivity index is 1.38. The number of hydrogen-bond donors (Lipinski definition) is 3. The van der Waals surface area contributed by atoms with Crippen molar-refractivity contribution < 1.29 is 19.6 Å². The van der Waals surface area contributed by atoms with Crippen molar-refractivity contribution in [1.82, 2.24) is 15.1 Å². The predicted octanol–water partition coefficient (Wildman–Crippen LogP) is 0.150. The molecule has 1 atom stereocenters. The largest absolute Gasteiger partial charge is 0.475 e. The maximum Gasteiger partial charge on any atom is 0.475 e. The Morgan fingerprint density at radius 2 is 1.62 bits per heavy atom. The summed E-state index contributed by atoms with van der Waals surface area (Å²) in [6, 6.07) is 0.245. The van der Waals surface area contributed by atoms with Crippen molar-refractivity contribution in [3.05, 3.63) is 0 Å². The highest BCUT2D eigenvalue weighted by molar-refractivity contribution is 6.43. The smallest absolute Gasteiger partial charge is 0.426 e. The summed E-state index contributed by atoms with van der Waals surface area (Å²) >= 11 is 0. The Labute approximate surface area is 156 Å². The molecule has 2 saturated heterocycles. The Morgan fingerprint density at radius 1 is 0.923 bits per heavy atom. The molecule has 1 aliphatic carbocycles. The third-order valence-electron chi connectivity index (χ3n) is 6.27. The Hall–Kier alpha value is -1.12. The first kappa shape index (κ1) is 19.6. The summed E-state index contributed by atoms with van der Waals surface area (Å²) in [5, 5.41) is 22.1. The highest BCUT2D eigenvalue weighted by Crippen LogP contribution is 2.26. The molecule has 3 rings (SSSR count). The van der Waals surface area contributed by atoms with Gasteiger partial charge in [-0.3, -0.25) is 9.59 Å². The number of carbonyl (C=O) groups is 2. The van der Waals surface area contributed by atoms with Crippen molar-refractivity contribution in [3.8, 4) is 0 Å². The second kappa shape index (κ2) is 9.19. The van der Waals surface area contributed by atoms with Gasteiger partial charge < -0.3 is 25.2 Å². The van der Waals surface area contributed by atoms with Gasteiger partial charge in [-0.15, -0.1) is 0 Å². The zero-order valence-corrected chi connectivity index (χ0v) is 15.6. The third kappa shape index (κ3) is 4.78. The lowest BCUT2D eigenvalue weighted by Gasteiger charge is -2.35. The lowest BCUT2D eigenvalue weighted by atomic mass is 9.78. The number of nitrogens with zero attached hydrogens (tertiary/aromatic N) is 2. The number of carbonyl (C=O) groups excluding carboxylic acids is 2. The van der Waals surface area contributed by atoms with E-state index in [2.05, 4.69) is 5.32 Å². The van der Waals surface area contributed by atoms with Crippen LogP contribution in [-0.2, 0) is 9.59 Å². The summed E-state index contributed by atoms with van der Waals surface area (Å²) in [6.07, 6.45) is 8.90. The molecule has 0 aromatic rings. The van der Waals surface area contributed by atoms with E-state index in [1.807, 2.05) is 4.90 Å². The minimum Gasteiger partial charge on any atom is -0.426 e. The first-order valence-corrected chi connectivity index (χ1v) is 10.2. The van der Waals surface area contributed by atoms with Crippen molar-refractivity contribution in [1.29, 1.82) is 0 Å². The first-order valence-electron chi connectivity index (χ1n) is 10.2. The third-order valence-corrected chi connectivity index (χ3v) is 6.27. The zero-order valence-electron chi connectivity index (χ0n) is 15.6. The van der Waals surface area contributed by atoms with Gasteiger partial charge >= 0.3 is 7.12 Å². The highest BCUT2D eigenvalue weighted by Gasteiger charge is 2.37.